The number of allylic oxidation sites excluding steroid dienone is 11. The van der Waals surface area contributed by atoms with Crippen LogP contribution in [0.1, 0.15) is 27.7 Å². The van der Waals surface area contributed by atoms with Crippen LogP contribution in [0.4, 0.5) is 0 Å². The van der Waals surface area contributed by atoms with Crippen molar-refractivity contribution < 1.29 is 24.5 Å². The molecule has 0 spiro atoms. The second-order valence-corrected chi connectivity index (χ2v) is 11.3. The first-order chi connectivity index (χ1) is 21.0. The third kappa shape index (κ3) is 4.18. The van der Waals surface area contributed by atoms with Crippen molar-refractivity contribution in [3.05, 3.63) is 129 Å². The van der Waals surface area contributed by atoms with Gasteiger partial charge in [0.1, 0.15) is 11.7 Å². The maximum absolute atomic E-state index is 13.2. The number of aliphatic imine (C=N–C) groups is 3. The van der Waals surface area contributed by atoms with E-state index in [9.17, 15) is 19.8 Å². The number of aliphatic hydroxyl groups excluding tert-OH is 1. The van der Waals surface area contributed by atoms with Crippen molar-refractivity contribution >= 4 is 29.1 Å². The first-order valence-corrected chi connectivity index (χ1v) is 14.2. The lowest BCUT2D eigenvalue weighted by Crippen LogP contribution is -2.24. The standard InChI is InChI=1S/C35H32N4O5/c1-8-19-15(3)22-12-24-17(5)21(10-11-28(40)41)32(38-24)30-31(35(43)44-7)34(42)29-18(6)25(39-33(29)30)14-27-20(9-2)16(4)23(37-27)13-26(19)36-22/h8-14,17,21,31,38,42H,1-2H2,3-7H3,(H,40,41)/b11-10+,24-12?,26-13?,27-14?,32-30?/t17-,21-,31-/m0/s1. The van der Waals surface area contributed by atoms with Crippen molar-refractivity contribution in [2.24, 2.45) is 32.7 Å². The number of aliphatic hydroxyl groups is 1. The number of aliphatic carboxylic acids is 1. The zero-order valence-electron chi connectivity index (χ0n) is 25.1. The van der Waals surface area contributed by atoms with E-state index in [1.54, 1.807) is 18.2 Å². The lowest BCUT2D eigenvalue weighted by Gasteiger charge is -2.18. The second-order valence-electron chi connectivity index (χ2n) is 11.3. The van der Waals surface area contributed by atoms with Gasteiger partial charge in [-0.05, 0) is 55.7 Å². The minimum absolute atomic E-state index is 0.161. The van der Waals surface area contributed by atoms with Crippen LogP contribution in [0.15, 0.2) is 144 Å². The van der Waals surface area contributed by atoms with E-state index in [0.29, 0.717) is 39.5 Å². The lowest BCUT2D eigenvalue weighted by molar-refractivity contribution is -0.143. The summed E-state index contributed by atoms with van der Waals surface area (Å²) in [7, 11) is 1.27. The van der Waals surface area contributed by atoms with E-state index in [1.807, 2.05) is 45.9 Å². The molecule has 5 aliphatic heterocycles. The summed E-state index contributed by atoms with van der Waals surface area (Å²) in [5.74, 6) is -3.75. The summed E-state index contributed by atoms with van der Waals surface area (Å²) < 4.78 is 5.14. The molecule has 6 rings (SSSR count). The summed E-state index contributed by atoms with van der Waals surface area (Å²) in [5, 5.41) is 24.5. The smallest absolute Gasteiger partial charge is 0.327 e. The van der Waals surface area contributed by atoms with Crippen molar-refractivity contribution in [1.82, 2.24) is 5.32 Å². The Labute approximate surface area is 255 Å². The van der Waals surface area contributed by atoms with Crippen molar-refractivity contribution in [3.63, 3.8) is 0 Å². The molecule has 0 saturated carbocycles. The van der Waals surface area contributed by atoms with E-state index in [-0.39, 0.29) is 11.7 Å². The highest BCUT2D eigenvalue weighted by atomic mass is 16.5. The van der Waals surface area contributed by atoms with E-state index in [2.05, 4.69) is 18.5 Å². The maximum Gasteiger partial charge on any atom is 0.327 e. The monoisotopic (exact) mass is 588 g/mol. The molecule has 5 heterocycles. The van der Waals surface area contributed by atoms with Gasteiger partial charge in [-0.3, -0.25) is 4.79 Å². The van der Waals surface area contributed by atoms with Crippen LogP contribution in [-0.4, -0.2) is 46.4 Å². The van der Waals surface area contributed by atoms with E-state index < -0.39 is 23.8 Å². The molecular weight excluding hydrogens is 556 g/mol. The number of fused-ring (bicyclic) bond motifs is 5. The summed E-state index contributed by atoms with van der Waals surface area (Å²) in [6.07, 6.45) is 12.0. The van der Waals surface area contributed by atoms with Crippen molar-refractivity contribution in [1.29, 1.82) is 0 Å². The number of methoxy groups -OCH3 is 1. The zero-order chi connectivity index (χ0) is 31.6. The Hall–Kier alpha value is -5.31. The number of carbonyl (C=O) groups is 2. The van der Waals surface area contributed by atoms with Gasteiger partial charge in [-0.1, -0.05) is 38.3 Å². The SMILES string of the molecule is C=CC1=C(C)C2=NC1=CC1=C(C)C3=C(O)[C@@H](C(=O)OC)C(=C4NC(=CC5=NC(=C2)C(C=C)=C5C)[C@@H](C)[C@@H]4/C=C/C(=O)O)C3=N1. The predicted molar refractivity (Wildman–Crippen MR) is 170 cm³/mol. The molecule has 9 nitrogen and oxygen atoms in total. The molecular formula is C35H32N4O5. The molecule has 0 aromatic heterocycles. The number of rotatable bonds is 5. The molecule has 1 fully saturated rings. The molecule has 6 aliphatic rings. The molecule has 222 valence electrons. The Bertz CT molecular complexity index is 1890. The maximum atomic E-state index is 13.2. The van der Waals surface area contributed by atoms with Crippen LogP contribution in [0, 0.1) is 17.8 Å². The summed E-state index contributed by atoms with van der Waals surface area (Å²) >= 11 is 0. The number of ether oxygens (including phenoxy) is 1. The molecule has 0 unspecified atom stereocenters. The quantitative estimate of drug-likeness (QED) is 0.280. The molecule has 0 aromatic rings. The predicted octanol–water partition coefficient (Wildman–Crippen LogP) is 5.66. The third-order valence-electron chi connectivity index (χ3n) is 8.97. The van der Waals surface area contributed by atoms with Crippen LogP contribution in [0.5, 0.6) is 0 Å². The van der Waals surface area contributed by atoms with Crippen molar-refractivity contribution in [3.8, 4) is 0 Å². The highest BCUT2D eigenvalue weighted by molar-refractivity contribution is 6.24. The van der Waals surface area contributed by atoms with Gasteiger partial charge in [0.15, 0.2) is 0 Å². The fourth-order valence-electron chi connectivity index (χ4n) is 6.55. The summed E-state index contributed by atoms with van der Waals surface area (Å²) in [6, 6.07) is 0. The van der Waals surface area contributed by atoms with Crippen LogP contribution in [0.3, 0.4) is 0 Å². The molecule has 8 bridgehead atoms. The van der Waals surface area contributed by atoms with Crippen LogP contribution >= 0.6 is 0 Å². The number of esters is 1. The van der Waals surface area contributed by atoms with Gasteiger partial charge in [-0.25, -0.2) is 19.8 Å². The number of hydrogen-bond donors (Lipinski definition) is 3. The Morgan fingerprint density at radius 2 is 1.57 bits per heavy atom. The highest BCUT2D eigenvalue weighted by Crippen LogP contribution is 2.48. The fraction of sp³-hybridized carbons (Fsp3) is 0.229. The van der Waals surface area contributed by atoms with Crippen LogP contribution in [0.2, 0.25) is 0 Å². The lowest BCUT2D eigenvalue weighted by atomic mass is 9.87. The number of carboxylic acid groups (broad SMARTS) is 1. The second kappa shape index (κ2) is 10.4. The molecule has 3 atom stereocenters. The first-order valence-electron chi connectivity index (χ1n) is 14.2. The average Bonchev–Trinajstić information content (AvgIpc) is 3.72. The van der Waals surface area contributed by atoms with Crippen molar-refractivity contribution in [2.75, 3.05) is 7.11 Å². The molecule has 44 heavy (non-hydrogen) atoms. The summed E-state index contributed by atoms with van der Waals surface area (Å²) in [5.41, 5.74) is 10.4. The molecule has 1 aliphatic carbocycles. The molecule has 3 N–H and O–H groups in total. The Kier molecular flexibility index (Phi) is 6.84. The van der Waals surface area contributed by atoms with Gasteiger partial charge >= 0.3 is 11.9 Å². The number of nitrogens with zero attached hydrogens (tertiary/aromatic N) is 3. The molecule has 0 aromatic carbocycles. The van der Waals surface area contributed by atoms with Crippen LogP contribution in [-0.2, 0) is 14.3 Å². The number of nitrogens with one attached hydrogen (secondary N) is 1. The highest BCUT2D eigenvalue weighted by Gasteiger charge is 2.48. The minimum Gasteiger partial charge on any atom is -0.510 e. The molecule has 0 radical (unpaired) electrons. The normalized spacial score (nSPS) is 25.7. The number of carboxylic acids is 1. The largest absolute Gasteiger partial charge is 0.510 e. The van der Waals surface area contributed by atoms with Gasteiger partial charge in [-0.2, -0.15) is 0 Å². The summed E-state index contributed by atoms with van der Waals surface area (Å²) in [4.78, 5) is 39.7. The third-order valence-corrected chi connectivity index (χ3v) is 8.97. The molecule has 0 amide bonds. The Balaban J connectivity index is 1.70. The molecule has 1 saturated heterocycles. The van der Waals surface area contributed by atoms with E-state index in [4.69, 9.17) is 19.7 Å². The van der Waals surface area contributed by atoms with Gasteiger partial charge in [0.05, 0.1) is 41.3 Å². The van der Waals surface area contributed by atoms with Gasteiger partial charge in [0, 0.05) is 51.6 Å². The van der Waals surface area contributed by atoms with Gasteiger partial charge in [0.2, 0.25) is 0 Å². The summed E-state index contributed by atoms with van der Waals surface area (Å²) in [6.45, 7) is 15.8. The van der Waals surface area contributed by atoms with Gasteiger partial charge < -0.3 is 20.3 Å². The first kappa shape index (κ1) is 28.8. The number of carbonyl (C=O) groups excluding carboxylic acids is 1. The minimum atomic E-state index is -1.14. The topological polar surface area (TPSA) is 133 Å². The number of hydrogen-bond acceptors (Lipinski definition) is 8. The van der Waals surface area contributed by atoms with Gasteiger partial charge in [-0.15, -0.1) is 0 Å². The van der Waals surface area contributed by atoms with E-state index in [0.717, 1.165) is 51.2 Å². The van der Waals surface area contributed by atoms with Crippen LogP contribution < -0.4 is 5.32 Å². The van der Waals surface area contributed by atoms with E-state index in [1.165, 1.54) is 7.11 Å². The van der Waals surface area contributed by atoms with Gasteiger partial charge in [0.25, 0.3) is 0 Å². The fourth-order valence-corrected chi connectivity index (χ4v) is 6.55. The average molecular weight is 589 g/mol. The molecule has 9 heteroatoms. The van der Waals surface area contributed by atoms with Crippen molar-refractivity contribution in [2.45, 2.75) is 27.7 Å². The Morgan fingerprint density at radius 3 is 2.16 bits per heavy atom. The zero-order valence-corrected chi connectivity index (χ0v) is 25.1. The van der Waals surface area contributed by atoms with E-state index >= 15 is 0 Å². The van der Waals surface area contributed by atoms with Crippen LogP contribution in [0.25, 0.3) is 0 Å². The Morgan fingerprint density at radius 1 is 0.955 bits per heavy atom.